The van der Waals surface area contributed by atoms with Crippen molar-refractivity contribution in [3.63, 3.8) is 0 Å². The molecule has 0 fully saturated rings. The lowest BCUT2D eigenvalue weighted by molar-refractivity contribution is -0.118. The zero-order valence-corrected chi connectivity index (χ0v) is 16.4. The number of ether oxygens (including phenoxy) is 1. The van der Waals surface area contributed by atoms with Crippen LogP contribution in [0.25, 0.3) is 0 Å². The number of thioether (sulfide) groups is 1. The minimum atomic E-state index is 0.00978. The maximum atomic E-state index is 12.1. The van der Waals surface area contributed by atoms with Crippen LogP contribution < -0.4 is 5.32 Å². The van der Waals surface area contributed by atoms with E-state index in [-0.39, 0.29) is 5.91 Å². The van der Waals surface area contributed by atoms with Crippen molar-refractivity contribution in [3.8, 4) is 0 Å². The highest BCUT2D eigenvalue weighted by Crippen LogP contribution is 2.21. The van der Waals surface area contributed by atoms with E-state index >= 15 is 0 Å². The average Bonchev–Trinajstić information content (AvgIpc) is 2.87. The molecule has 0 atom stereocenters. The Morgan fingerprint density at radius 3 is 2.72 bits per heavy atom. The van der Waals surface area contributed by atoms with E-state index in [2.05, 4.69) is 14.9 Å². The van der Waals surface area contributed by atoms with Crippen molar-refractivity contribution >= 4 is 29.3 Å². The van der Waals surface area contributed by atoms with E-state index in [0.717, 1.165) is 40.1 Å². The Hall–Kier alpha value is -1.50. The van der Waals surface area contributed by atoms with Crippen LogP contribution in [0.5, 0.6) is 0 Å². The van der Waals surface area contributed by atoms with E-state index in [4.69, 9.17) is 16.3 Å². The molecule has 1 amide bonds. The molecule has 0 saturated heterocycles. The van der Waals surface area contributed by atoms with Crippen LogP contribution in [0.3, 0.4) is 0 Å². The number of nitrogens with zero attached hydrogens (tertiary/aromatic N) is 2. The van der Waals surface area contributed by atoms with Gasteiger partial charge in [0, 0.05) is 30.9 Å². The Morgan fingerprint density at radius 2 is 2.04 bits per heavy atom. The number of rotatable bonds is 9. The van der Waals surface area contributed by atoms with Gasteiger partial charge in [-0.15, -0.1) is 0 Å². The number of methoxy groups -OCH3 is 1. The number of nitrogens with one attached hydrogen (secondary N) is 1. The van der Waals surface area contributed by atoms with Crippen LogP contribution in [0.15, 0.2) is 29.4 Å². The van der Waals surface area contributed by atoms with Crippen molar-refractivity contribution in [3.05, 3.63) is 46.2 Å². The number of benzene rings is 1. The molecule has 2 aromatic rings. The van der Waals surface area contributed by atoms with Gasteiger partial charge in [-0.2, -0.15) is 0 Å². The largest absolute Gasteiger partial charge is 0.383 e. The smallest absolute Gasteiger partial charge is 0.230 e. The van der Waals surface area contributed by atoms with Crippen molar-refractivity contribution in [2.24, 2.45) is 0 Å². The van der Waals surface area contributed by atoms with Crippen molar-refractivity contribution in [1.82, 2.24) is 14.9 Å². The minimum absolute atomic E-state index is 0.00978. The van der Waals surface area contributed by atoms with E-state index in [0.29, 0.717) is 18.9 Å². The van der Waals surface area contributed by atoms with Crippen molar-refractivity contribution in [2.75, 3.05) is 26.0 Å². The minimum Gasteiger partial charge on any atom is -0.383 e. The summed E-state index contributed by atoms with van der Waals surface area (Å²) in [5.74, 6) is 0.360. The Labute approximate surface area is 158 Å². The van der Waals surface area contributed by atoms with Gasteiger partial charge < -0.3 is 14.6 Å². The maximum absolute atomic E-state index is 12.1. The molecule has 0 aliphatic heterocycles. The van der Waals surface area contributed by atoms with Gasteiger partial charge in [-0.1, -0.05) is 35.5 Å². The summed E-state index contributed by atoms with van der Waals surface area (Å²) in [6, 6.07) is 7.67. The lowest BCUT2D eigenvalue weighted by Gasteiger charge is -2.09. The third-order valence-corrected chi connectivity index (χ3v) is 5.15. The van der Waals surface area contributed by atoms with Crippen LogP contribution in [-0.2, 0) is 22.5 Å². The molecule has 136 valence electrons. The summed E-state index contributed by atoms with van der Waals surface area (Å²) in [7, 11) is 1.68. The van der Waals surface area contributed by atoms with Gasteiger partial charge in [0.2, 0.25) is 5.91 Å². The zero-order valence-electron chi connectivity index (χ0n) is 14.8. The van der Waals surface area contributed by atoms with E-state index in [1.54, 1.807) is 7.11 Å². The van der Waals surface area contributed by atoms with Gasteiger partial charge in [-0.05, 0) is 38.0 Å². The fraction of sp³-hybridized carbons (Fsp3) is 0.444. The number of hydrogen-bond acceptors (Lipinski definition) is 4. The second-order valence-corrected chi connectivity index (χ2v) is 7.10. The van der Waals surface area contributed by atoms with Gasteiger partial charge in [-0.25, -0.2) is 4.98 Å². The van der Waals surface area contributed by atoms with Crippen LogP contribution in [0, 0.1) is 13.8 Å². The molecule has 1 aromatic carbocycles. The fourth-order valence-corrected chi connectivity index (χ4v) is 3.43. The van der Waals surface area contributed by atoms with E-state index in [1.165, 1.54) is 11.8 Å². The first-order valence-corrected chi connectivity index (χ1v) is 9.54. The summed E-state index contributed by atoms with van der Waals surface area (Å²) >= 11 is 7.32. The normalized spacial score (nSPS) is 10.9. The predicted octanol–water partition coefficient (Wildman–Crippen LogP) is 3.25. The number of hydrogen-bond donors (Lipinski definition) is 1. The SMILES string of the molecule is COCCn1c(SCC(=O)NCCc2ccc(Cl)cc2)nc(C)c1C. The van der Waals surface area contributed by atoms with E-state index < -0.39 is 0 Å². The molecule has 7 heteroatoms. The Kier molecular flexibility index (Phi) is 7.81. The summed E-state index contributed by atoms with van der Waals surface area (Å²) in [6.45, 7) is 5.99. The fourth-order valence-electron chi connectivity index (χ4n) is 2.36. The molecule has 0 aliphatic carbocycles. The first kappa shape index (κ1) is 19.8. The molecule has 25 heavy (non-hydrogen) atoms. The molecule has 1 heterocycles. The highest BCUT2D eigenvalue weighted by Gasteiger charge is 2.13. The number of amides is 1. The molecule has 0 radical (unpaired) electrons. The van der Waals surface area contributed by atoms with Crippen LogP contribution >= 0.6 is 23.4 Å². The van der Waals surface area contributed by atoms with Crippen molar-refractivity contribution < 1.29 is 9.53 Å². The van der Waals surface area contributed by atoms with Gasteiger partial charge >= 0.3 is 0 Å². The summed E-state index contributed by atoms with van der Waals surface area (Å²) in [6.07, 6.45) is 0.786. The van der Waals surface area contributed by atoms with Crippen LogP contribution in [-0.4, -0.2) is 41.5 Å². The van der Waals surface area contributed by atoms with Crippen molar-refractivity contribution in [1.29, 1.82) is 0 Å². The highest BCUT2D eigenvalue weighted by molar-refractivity contribution is 7.99. The summed E-state index contributed by atoms with van der Waals surface area (Å²) in [5.41, 5.74) is 3.25. The summed E-state index contributed by atoms with van der Waals surface area (Å²) < 4.78 is 7.25. The Bertz CT molecular complexity index is 701. The van der Waals surface area contributed by atoms with Gasteiger partial charge in [0.15, 0.2) is 5.16 Å². The van der Waals surface area contributed by atoms with E-state index in [9.17, 15) is 4.79 Å². The lowest BCUT2D eigenvalue weighted by Crippen LogP contribution is -2.27. The standard InChI is InChI=1S/C18H24ClN3O2S/c1-13-14(2)22(10-11-24-3)18(21-13)25-12-17(23)20-9-8-15-4-6-16(19)7-5-15/h4-7H,8-12H2,1-3H3,(H,20,23). The van der Waals surface area contributed by atoms with Gasteiger partial charge in [-0.3, -0.25) is 4.79 Å². The van der Waals surface area contributed by atoms with Gasteiger partial charge in [0.1, 0.15) is 0 Å². The van der Waals surface area contributed by atoms with Gasteiger partial charge in [0.05, 0.1) is 18.1 Å². The van der Waals surface area contributed by atoms with E-state index in [1.807, 2.05) is 38.1 Å². The molecule has 5 nitrogen and oxygen atoms in total. The van der Waals surface area contributed by atoms with Crippen LogP contribution in [0.2, 0.25) is 5.02 Å². The zero-order chi connectivity index (χ0) is 18.2. The molecule has 1 N–H and O–H groups in total. The van der Waals surface area contributed by atoms with Crippen LogP contribution in [0.1, 0.15) is 17.0 Å². The molecule has 1 aromatic heterocycles. The Balaban J connectivity index is 1.79. The Morgan fingerprint density at radius 1 is 1.32 bits per heavy atom. The monoisotopic (exact) mass is 381 g/mol. The average molecular weight is 382 g/mol. The maximum Gasteiger partial charge on any atom is 0.230 e. The third kappa shape index (κ3) is 6.06. The molecule has 0 spiro atoms. The number of aryl methyl sites for hydroxylation is 1. The van der Waals surface area contributed by atoms with Crippen molar-refractivity contribution in [2.45, 2.75) is 32.0 Å². The molecule has 0 saturated carbocycles. The molecular weight excluding hydrogens is 358 g/mol. The third-order valence-electron chi connectivity index (χ3n) is 3.92. The molecule has 0 aliphatic rings. The molecule has 2 rings (SSSR count). The quantitative estimate of drug-likeness (QED) is 0.677. The van der Waals surface area contributed by atoms with Crippen LogP contribution in [0.4, 0.5) is 0 Å². The molecule has 0 unspecified atom stereocenters. The second kappa shape index (κ2) is 9.85. The number of aromatic nitrogens is 2. The summed E-state index contributed by atoms with van der Waals surface area (Å²) in [4.78, 5) is 16.6. The topological polar surface area (TPSA) is 56.1 Å². The first-order valence-electron chi connectivity index (χ1n) is 8.18. The first-order chi connectivity index (χ1) is 12.0. The van der Waals surface area contributed by atoms with Gasteiger partial charge in [0.25, 0.3) is 0 Å². The lowest BCUT2D eigenvalue weighted by atomic mass is 10.1. The molecule has 0 bridgehead atoms. The number of halogens is 1. The predicted molar refractivity (Wildman–Crippen MR) is 102 cm³/mol. The molecular formula is C18H24ClN3O2S. The summed E-state index contributed by atoms with van der Waals surface area (Å²) in [5, 5.41) is 4.53. The highest BCUT2D eigenvalue weighted by atomic mass is 35.5. The number of carbonyl (C=O) groups is 1. The number of carbonyl (C=O) groups excluding carboxylic acids is 1. The second-order valence-electron chi connectivity index (χ2n) is 5.72. The number of imidazole rings is 1.